The first kappa shape index (κ1) is 7.70. The van der Waals surface area contributed by atoms with E-state index in [-0.39, 0.29) is 0 Å². The molecule has 0 nitrogen and oxygen atoms in total. The molecule has 0 aromatic heterocycles. The van der Waals surface area contributed by atoms with Crippen LogP contribution in [0.15, 0.2) is 11.6 Å². The fourth-order valence-electron chi connectivity index (χ4n) is 1.18. The van der Waals surface area contributed by atoms with Crippen LogP contribution in [0.4, 0.5) is 8.78 Å². The zero-order valence-corrected chi connectivity index (χ0v) is 6.27. The molecule has 0 amide bonds. The first-order valence-corrected chi connectivity index (χ1v) is 3.56. The predicted molar refractivity (Wildman–Crippen MR) is 37.3 cm³/mol. The maximum Gasteiger partial charge on any atom is 0.124 e. The van der Waals surface area contributed by atoms with E-state index in [9.17, 15) is 8.78 Å². The lowest BCUT2D eigenvalue weighted by atomic mass is 9.89. The fourth-order valence-corrected chi connectivity index (χ4v) is 1.18. The molecule has 0 aromatic rings. The second kappa shape index (κ2) is 2.69. The smallest absolute Gasteiger partial charge is 0.124 e. The van der Waals surface area contributed by atoms with E-state index in [1.54, 1.807) is 13.8 Å². The number of hydrogen-bond donors (Lipinski definition) is 0. The Hall–Kier alpha value is -0.400. The van der Waals surface area contributed by atoms with Gasteiger partial charge in [0.1, 0.15) is 12.3 Å². The summed E-state index contributed by atoms with van der Waals surface area (Å²) in [7, 11) is 0. The number of rotatable bonds is 0. The quantitative estimate of drug-likeness (QED) is 0.461. The topological polar surface area (TPSA) is 0 Å². The Morgan fingerprint density at radius 1 is 1.50 bits per heavy atom. The lowest BCUT2D eigenvalue weighted by Gasteiger charge is -2.24. The third-order valence-corrected chi connectivity index (χ3v) is 2.03. The van der Waals surface area contributed by atoms with Crippen molar-refractivity contribution in [1.82, 2.24) is 0 Å². The molecule has 0 radical (unpaired) electrons. The van der Waals surface area contributed by atoms with E-state index in [1.807, 2.05) is 0 Å². The normalized spacial score (nSPS) is 41.2. The summed E-state index contributed by atoms with van der Waals surface area (Å²) in [6.45, 7) is 3.38. The van der Waals surface area contributed by atoms with Crippen LogP contribution in [0.2, 0.25) is 0 Å². The average molecular weight is 146 g/mol. The monoisotopic (exact) mass is 146 g/mol. The molecule has 1 aliphatic rings. The van der Waals surface area contributed by atoms with Gasteiger partial charge in [-0.3, -0.25) is 0 Å². The Balaban J connectivity index is 2.69. The average Bonchev–Trinajstić information content (AvgIpc) is 1.82. The zero-order valence-electron chi connectivity index (χ0n) is 6.27. The summed E-state index contributed by atoms with van der Waals surface area (Å²) in [5.74, 6) is -0.455. The molecule has 0 N–H and O–H groups in total. The predicted octanol–water partition coefficient (Wildman–Crippen LogP) is 2.65. The molecule has 0 aromatic carbocycles. The van der Waals surface area contributed by atoms with Gasteiger partial charge in [0.05, 0.1) is 0 Å². The summed E-state index contributed by atoms with van der Waals surface area (Å²) in [6, 6.07) is 0. The minimum atomic E-state index is -1.08. The van der Waals surface area contributed by atoms with Gasteiger partial charge < -0.3 is 0 Å². The maximum atomic E-state index is 12.8. The molecule has 58 valence electrons. The van der Waals surface area contributed by atoms with Crippen LogP contribution >= 0.6 is 0 Å². The van der Waals surface area contributed by atoms with Gasteiger partial charge in [-0.25, -0.2) is 8.78 Å². The van der Waals surface area contributed by atoms with E-state index < -0.39 is 18.3 Å². The first-order valence-electron chi connectivity index (χ1n) is 3.56. The lowest BCUT2D eigenvalue weighted by Crippen LogP contribution is -2.26. The zero-order chi connectivity index (χ0) is 7.72. The molecule has 0 saturated carbocycles. The number of allylic oxidation sites excluding steroid dienone is 2. The minimum Gasteiger partial charge on any atom is -0.247 e. The molecule has 0 heterocycles. The Kier molecular flexibility index (Phi) is 2.07. The van der Waals surface area contributed by atoms with E-state index in [0.29, 0.717) is 6.42 Å². The summed E-state index contributed by atoms with van der Waals surface area (Å²) in [4.78, 5) is 0. The third kappa shape index (κ3) is 1.36. The van der Waals surface area contributed by atoms with E-state index in [2.05, 4.69) is 0 Å². The van der Waals surface area contributed by atoms with Crippen molar-refractivity contribution >= 4 is 0 Å². The van der Waals surface area contributed by atoms with Crippen LogP contribution in [-0.4, -0.2) is 12.3 Å². The molecule has 0 bridgehead atoms. The molecule has 0 saturated heterocycles. The lowest BCUT2D eigenvalue weighted by molar-refractivity contribution is 0.154. The molecule has 2 heteroatoms. The van der Waals surface area contributed by atoms with Crippen molar-refractivity contribution in [1.29, 1.82) is 0 Å². The van der Waals surface area contributed by atoms with Gasteiger partial charge in [0.15, 0.2) is 0 Å². The summed E-state index contributed by atoms with van der Waals surface area (Å²) in [6.07, 6.45) is -0.147. The second-order valence-electron chi connectivity index (χ2n) is 3.04. The van der Waals surface area contributed by atoms with E-state index in [4.69, 9.17) is 0 Å². The molecular weight excluding hydrogens is 134 g/mol. The van der Waals surface area contributed by atoms with Gasteiger partial charge in [-0.15, -0.1) is 0 Å². The number of halogens is 2. The molecule has 0 spiro atoms. The molecule has 1 rings (SSSR count). The van der Waals surface area contributed by atoms with Crippen LogP contribution < -0.4 is 0 Å². The molecule has 0 fully saturated rings. The van der Waals surface area contributed by atoms with Crippen LogP contribution in [0.25, 0.3) is 0 Å². The van der Waals surface area contributed by atoms with Crippen molar-refractivity contribution in [3.63, 3.8) is 0 Å². The van der Waals surface area contributed by atoms with Gasteiger partial charge >= 0.3 is 0 Å². The van der Waals surface area contributed by atoms with Crippen molar-refractivity contribution in [2.45, 2.75) is 32.6 Å². The van der Waals surface area contributed by atoms with Crippen LogP contribution in [0, 0.1) is 5.92 Å². The molecular formula is C8H12F2. The largest absolute Gasteiger partial charge is 0.247 e. The highest BCUT2D eigenvalue weighted by Gasteiger charge is 2.28. The highest BCUT2D eigenvalue weighted by atomic mass is 19.1. The molecule has 2 unspecified atom stereocenters. The summed E-state index contributed by atoms with van der Waals surface area (Å²) in [5, 5.41) is 0. The van der Waals surface area contributed by atoms with Gasteiger partial charge in [-0.2, -0.15) is 0 Å². The van der Waals surface area contributed by atoms with Crippen molar-refractivity contribution in [2.24, 2.45) is 5.92 Å². The highest BCUT2D eigenvalue weighted by Crippen LogP contribution is 2.27. The van der Waals surface area contributed by atoms with Crippen molar-refractivity contribution in [3.8, 4) is 0 Å². The Morgan fingerprint density at radius 2 is 2.10 bits per heavy atom. The summed E-state index contributed by atoms with van der Waals surface area (Å²) in [5.41, 5.74) is 0.832. The number of hydrogen-bond acceptors (Lipinski definition) is 0. The maximum absolute atomic E-state index is 12.8. The Labute approximate surface area is 59.9 Å². The minimum absolute atomic E-state index is 0.404. The molecule has 3 atom stereocenters. The van der Waals surface area contributed by atoms with Crippen LogP contribution in [0.1, 0.15) is 20.3 Å². The van der Waals surface area contributed by atoms with E-state index in [1.165, 1.54) is 6.08 Å². The number of alkyl halides is 2. The van der Waals surface area contributed by atoms with Gasteiger partial charge in [0.2, 0.25) is 0 Å². The van der Waals surface area contributed by atoms with Gasteiger partial charge in [-0.1, -0.05) is 18.6 Å². The third-order valence-electron chi connectivity index (χ3n) is 2.03. The van der Waals surface area contributed by atoms with Crippen molar-refractivity contribution in [2.75, 3.05) is 0 Å². The standard InChI is InChI=1S/C8H12F2/c1-5-3-7(9)6(2)8(10)4-5/h3,6-8H,4H2,1-2H3/t6?,7-,8?/m1/s1. The van der Waals surface area contributed by atoms with Crippen molar-refractivity contribution < 1.29 is 8.78 Å². The first-order chi connectivity index (χ1) is 4.61. The van der Waals surface area contributed by atoms with Crippen LogP contribution in [0.5, 0.6) is 0 Å². The van der Waals surface area contributed by atoms with Crippen LogP contribution in [0.3, 0.4) is 0 Å². The van der Waals surface area contributed by atoms with Gasteiger partial charge in [-0.05, 0) is 13.3 Å². The van der Waals surface area contributed by atoms with E-state index in [0.717, 1.165) is 5.57 Å². The highest BCUT2D eigenvalue weighted by molar-refractivity contribution is 5.10. The summed E-state index contributed by atoms with van der Waals surface area (Å²) < 4.78 is 25.6. The second-order valence-corrected chi connectivity index (χ2v) is 3.04. The molecule has 10 heavy (non-hydrogen) atoms. The summed E-state index contributed by atoms with van der Waals surface area (Å²) >= 11 is 0. The molecule has 1 aliphatic carbocycles. The SMILES string of the molecule is CC1=C[C@@H](F)C(C)C(F)C1. The Bertz CT molecular complexity index is 151. The Morgan fingerprint density at radius 3 is 2.60 bits per heavy atom. The fraction of sp³-hybridized carbons (Fsp3) is 0.750. The van der Waals surface area contributed by atoms with Crippen molar-refractivity contribution in [3.05, 3.63) is 11.6 Å². The van der Waals surface area contributed by atoms with Gasteiger partial charge in [0.25, 0.3) is 0 Å². The molecule has 0 aliphatic heterocycles. The van der Waals surface area contributed by atoms with Crippen LogP contribution in [-0.2, 0) is 0 Å². The van der Waals surface area contributed by atoms with Gasteiger partial charge in [0, 0.05) is 5.92 Å². The van der Waals surface area contributed by atoms with E-state index >= 15 is 0 Å².